The van der Waals surface area contributed by atoms with Crippen molar-refractivity contribution < 1.29 is 15.0 Å². The highest BCUT2D eigenvalue weighted by Gasteiger charge is 2.37. The maximum Gasteiger partial charge on any atom is 0.253 e. The third-order valence-corrected chi connectivity index (χ3v) is 5.79. The van der Waals surface area contributed by atoms with Crippen molar-refractivity contribution in [2.24, 2.45) is 0 Å². The van der Waals surface area contributed by atoms with Crippen LogP contribution in [0, 0.1) is 13.8 Å². The van der Waals surface area contributed by atoms with Gasteiger partial charge >= 0.3 is 0 Å². The topological polar surface area (TPSA) is 73.7 Å². The summed E-state index contributed by atoms with van der Waals surface area (Å²) in [7, 11) is 0. The largest absolute Gasteiger partial charge is 0.393 e. The van der Waals surface area contributed by atoms with E-state index in [1.807, 2.05) is 36.5 Å². The van der Waals surface area contributed by atoms with Gasteiger partial charge in [0.25, 0.3) is 5.91 Å². The molecule has 2 N–H and O–H groups in total. The molecular weight excluding hydrogens is 352 g/mol. The molecule has 0 bridgehead atoms. The van der Waals surface area contributed by atoms with Crippen LogP contribution in [0.15, 0.2) is 48.7 Å². The summed E-state index contributed by atoms with van der Waals surface area (Å²) in [5.41, 5.74) is 4.91. The summed E-state index contributed by atoms with van der Waals surface area (Å²) in [6.07, 6.45) is 2.22. The van der Waals surface area contributed by atoms with Gasteiger partial charge in [-0.25, -0.2) is 0 Å². The summed E-state index contributed by atoms with van der Waals surface area (Å²) in [6.45, 7) is 4.45. The second-order valence-corrected chi connectivity index (χ2v) is 7.70. The maximum absolute atomic E-state index is 12.7. The minimum atomic E-state index is -1.18. The lowest BCUT2D eigenvalue weighted by molar-refractivity contribution is -0.00455. The number of benzene rings is 2. The molecule has 5 heteroatoms. The fraction of sp³-hybridized carbons (Fsp3) is 0.304. The third-order valence-electron chi connectivity index (χ3n) is 5.79. The lowest BCUT2D eigenvalue weighted by Gasteiger charge is -2.21. The lowest BCUT2D eigenvalue weighted by atomic mass is 9.97. The first-order valence-corrected chi connectivity index (χ1v) is 9.50. The maximum atomic E-state index is 12.7. The molecule has 1 fully saturated rings. The summed E-state index contributed by atoms with van der Waals surface area (Å²) in [5.74, 6) is -0.123. The van der Waals surface area contributed by atoms with Gasteiger partial charge in [-0.15, -0.1) is 0 Å². The number of nitrogens with zero attached hydrogens (tertiary/aromatic N) is 2. The van der Waals surface area contributed by atoms with E-state index in [9.17, 15) is 15.0 Å². The van der Waals surface area contributed by atoms with Crippen molar-refractivity contribution in [2.75, 3.05) is 19.7 Å². The van der Waals surface area contributed by atoms with Crippen LogP contribution < -0.4 is 0 Å². The predicted octanol–water partition coefficient (Wildman–Crippen LogP) is 3.09. The highest BCUT2D eigenvalue weighted by atomic mass is 16.3. The normalized spacial score (nSPS) is 19.4. The van der Waals surface area contributed by atoms with E-state index in [4.69, 9.17) is 0 Å². The van der Waals surface area contributed by atoms with E-state index in [0.717, 1.165) is 22.0 Å². The zero-order valence-corrected chi connectivity index (χ0v) is 16.1. The number of amides is 1. The van der Waals surface area contributed by atoms with Crippen molar-refractivity contribution in [3.63, 3.8) is 0 Å². The molecule has 0 radical (unpaired) electrons. The number of likely N-dealkylation sites (tertiary alicyclic amines) is 1. The average Bonchev–Trinajstić information content (AvgIpc) is 3.13. The number of carbonyl (C=O) groups is 1. The Kier molecular flexibility index (Phi) is 4.65. The number of carbonyl (C=O) groups excluding carboxylic acids is 1. The standard InChI is InChI=1S/C23H24N2O3/c1-15-3-8-20-19(9-11-24-21(20)16(15)2)17-4-6-18(7-5-17)22(27)25-12-10-23(28,13-25)14-26/h3-9,11,26,28H,10,12-14H2,1-2H3/t23-/m0/s1. The van der Waals surface area contributed by atoms with E-state index >= 15 is 0 Å². The Morgan fingerprint density at radius 3 is 2.57 bits per heavy atom. The first kappa shape index (κ1) is 18.6. The van der Waals surface area contributed by atoms with Gasteiger partial charge in [0.15, 0.2) is 0 Å². The van der Waals surface area contributed by atoms with Gasteiger partial charge in [-0.3, -0.25) is 9.78 Å². The Bertz CT molecular complexity index is 1050. The number of fused-ring (bicyclic) bond motifs is 1. The fourth-order valence-electron chi connectivity index (χ4n) is 3.85. The SMILES string of the molecule is Cc1ccc2c(-c3ccc(C(=O)N4CC[C@@](O)(CO)C4)cc3)ccnc2c1C. The summed E-state index contributed by atoms with van der Waals surface area (Å²) in [5, 5.41) is 20.5. The van der Waals surface area contributed by atoms with E-state index in [0.29, 0.717) is 18.5 Å². The Hall–Kier alpha value is -2.76. The van der Waals surface area contributed by atoms with Crippen molar-refractivity contribution >= 4 is 16.8 Å². The molecule has 1 aliphatic heterocycles. The van der Waals surface area contributed by atoms with Crippen LogP contribution in [-0.2, 0) is 0 Å². The molecule has 0 spiro atoms. The van der Waals surface area contributed by atoms with Crippen LogP contribution in [-0.4, -0.2) is 51.3 Å². The summed E-state index contributed by atoms with van der Waals surface area (Å²) in [6, 6.07) is 13.7. The van der Waals surface area contributed by atoms with Crippen LogP contribution in [0.5, 0.6) is 0 Å². The number of aliphatic hydroxyl groups is 2. The molecule has 1 aromatic heterocycles. The lowest BCUT2D eigenvalue weighted by Crippen LogP contribution is -2.38. The number of hydrogen-bond donors (Lipinski definition) is 2. The quantitative estimate of drug-likeness (QED) is 0.737. The third kappa shape index (κ3) is 3.17. The van der Waals surface area contributed by atoms with Gasteiger partial charge in [0.1, 0.15) is 5.60 Å². The highest BCUT2D eigenvalue weighted by molar-refractivity contribution is 5.98. The fourth-order valence-corrected chi connectivity index (χ4v) is 3.85. The molecule has 1 saturated heterocycles. The van der Waals surface area contributed by atoms with Crippen LogP contribution >= 0.6 is 0 Å². The molecular formula is C23H24N2O3. The van der Waals surface area contributed by atoms with E-state index in [2.05, 4.69) is 31.0 Å². The van der Waals surface area contributed by atoms with Crippen LogP contribution in [0.1, 0.15) is 27.9 Å². The zero-order valence-electron chi connectivity index (χ0n) is 16.1. The molecule has 1 amide bonds. The van der Waals surface area contributed by atoms with Gasteiger partial charge in [-0.2, -0.15) is 0 Å². The first-order valence-electron chi connectivity index (χ1n) is 9.50. The zero-order chi connectivity index (χ0) is 19.9. The van der Waals surface area contributed by atoms with Crippen LogP contribution in [0.3, 0.4) is 0 Å². The van der Waals surface area contributed by atoms with E-state index < -0.39 is 5.60 Å². The molecule has 1 aliphatic rings. The van der Waals surface area contributed by atoms with Gasteiger partial charge in [0.2, 0.25) is 0 Å². The average molecular weight is 376 g/mol. The number of pyridine rings is 1. The van der Waals surface area contributed by atoms with E-state index in [1.165, 1.54) is 11.1 Å². The molecule has 5 nitrogen and oxygen atoms in total. The Balaban J connectivity index is 1.63. The number of aryl methyl sites for hydroxylation is 2. The molecule has 0 saturated carbocycles. The molecule has 1 atom stereocenters. The van der Waals surface area contributed by atoms with Crippen molar-refractivity contribution in [3.05, 3.63) is 65.4 Å². The van der Waals surface area contributed by atoms with Crippen LogP contribution in [0.2, 0.25) is 0 Å². The first-order chi connectivity index (χ1) is 13.4. The van der Waals surface area contributed by atoms with E-state index in [1.54, 1.807) is 4.90 Å². The summed E-state index contributed by atoms with van der Waals surface area (Å²) in [4.78, 5) is 18.9. The monoisotopic (exact) mass is 376 g/mol. The Morgan fingerprint density at radius 2 is 1.89 bits per heavy atom. The highest BCUT2D eigenvalue weighted by Crippen LogP contribution is 2.30. The second kappa shape index (κ2) is 7.00. The Labute approximate surface area is 164 Å². The van der Waals surface area contributed by atoms with Crippen molar-refractivity contribution in [1.82, 2.24) is 9.88 Å². The van der Waals surface area contributed by atoms with Crippen molar-refractivity contribution in [3.8, 4) is 11.1 Å². The number of aliphatic hydroxyl groups excluding tert-OH is 1. The minimum Gasteiger partial charge on any atom is -0.393 e. The Morgan fingerprint density at radius 1 is 1.14 bits per heavy atom. The molecule has 4 rings (SSSR count). The van der Waals surface area contributed by atoms with Gasteiger partial charge in [-0.05, 0) is 60.7 Å². The second-order valence-electron chi connectivity index (χ2n) is 7.70. The molecule has 2 heterocycles. The van der Waals surface area contributed by atoms with Gasteiger partial charge in [0, 0.05) is 23.7 Å². The predicted molar refractivity (Wildman–Crippen MR) is 109 cm³/mol. The van der Waals surface area contributed by atoms with Crippen molar-refractivity contribution in [2.45, 2.75) is 25.9 Å². The summed E-state index contributed by atoms with van der Waals surface area (Å²) < 4.78 is 0. The molecule has 2 aromatic carbocycles. The molecule has 144 valence electrons. The minimum absolute atomic E-state index is 0.123. The number of β-amino-alcohol motifs (C(OH)–C–C–N with tert-alkyl or cyclic N) is 1. The smallest absolute Gasteiger partial charge is 0.253 e. The molecule has 28 heavy (non-hydrogen) atoms. The van der Waals surface area contributed by atoms with E-state index in [-0.39, 0.29) is 19.1 Å². The van der Waals surface area contributed by atoms with Crippen LogP contribution in [0.4, 0.5) is 0 Å². The van der Waals surface area contributed by atoms with Gasteiger partial charge in [0.05, 0.1) is 18.7 Å². The number of rotatable bonds is 3. The number of aromatic nitrogens is 1. The number of hydrogen-bond acceptors (Lipinski definition) is 4. The molecule has 3 aromatic rings. The van der Waals surface area contributed by atoms with Crippen LogP contribution in [0.25, 0.3) is 22.0 Å². The molecule has 0 aliphatic carbocycles. The van der Waals surface area contributed by atoms with Gasteiger partial charge in [-0.1, -0.05) is 24.3 Å². The van der Waals surface area contributed by atoms with Gasteiger partial charge < -0.3 is 15.1 Å². The molecule has 0 unspecified atom stereocenters. The van der Waals surface area contributed by atoms with Crippen molar-refractivity contribution in [1.29, 1.82) is 0 Å². The summed E-state index contributed by atoms with van der Waals surface area (Å²) >= 11 is 0.